The average Bonchev–Trinajstić information content (AvgIpc) is 2.77. The van der Waals surface area contributed by atoms with Crippen molar-refractivity contribution in [3.05, 3.63) is 24.3 Å². The highest BCUT2D eigenvalue weighted by molar-refractivity contribution is 5.93. The number of methoxy groups -OCH3 is 1. The van der Waals surface area contributed by atoms with Crippen molar-refractivity contribution >= 4 is 17.5 Å². The maximum atomic E-state index is 11.8. The number of likely N-dealkylation sites (N-methyl/N-ethyl adjacent to an activating group) is 1. The Labute approximate surface area is 118 Å². The first-order chi connectivity index (χ1) is 9.60. The fourth-order valence-electron chi connectivity index (χ4n) is 2.13. The van der Waals surface area contributed by atoms with Gasteiger partial charge in [0.15, 0.2) is 0 Å². The van der Waals surface area contributed by atoms with E-state index in [1.807, 2.05) is 0 Å². The Hall–Kier alpha value is -2.08. The zero-order valence-corrected chi connectivity index (χ0v) is 11.7. The van der Waals surface area contributed by atoms with Gasteiger partial charge in [0, 0.05) is 25.3 Å². The van der Waals surface area contributed by atoms with Crippen LogP contribution in [0, 0.1) is 0 Å². The molecular formula is C14H19N3O3. The van der Waals surface area contributed by atoms with E-state index in [-0.39, 0.29) is 24.4 Å². The van der Waals surface area contributed by atoms with Crippen LogP contribution in [0.1, 0.15) is 6.42 Å². The van der Waals surface area contributed by atoms with E-state index in [0.717, 1.165) is 13.0 Å². The summed E-state index contributed by atoms with van der Waals surface area (Å²) in [6.45, 7) is 0.843. The topological polar surface area (TPSA) is 70.7 Å². The van der Waals surface area contributed by atoms with Gasteiger partial charge in [0.25, 0.3) is 0 Å². The summed E-state index contributed by atoms with van der Waals surface area (Å²) in [5, 5.41) is 5.74. The van der Waals surface area contributed by atoms with Gasteiger partial charge in [0.1, 0.15) is 5.75 Å². The lowest BCUT2D eigenvalue weighted by Crippen LogP contribution is -2.41. The van der Waals surface area contributed by atoms with Crippen molar-refractivity contribution in [1.82, 2.24) is 10.2 Å². The first-order valence-electron chi connectivity index (χ1n) is 6.52. The Kier molecular flexibility index (Phi) is 4.57. The molecule has 0 spiro atoms. The molecule has 6 nitrogen and oxygen atoms in total. The highest BCUT2D eigenvalue weighted by Crippen LogP contribution is 2.16. The van der Waals surface area contributed by atoms with Crippen LogP contribution in [-0.2, 0) is 9.59 Å². The van der Waals surface area contributed by atoms with E-state index in [9.17, 15) is 9.59 Å². The van der Waals surface area contributed by atoms with Crippen LogP contribution in [0.2, 0.25) is 0 Å². The number of hydrogen-bond donors (Lipinski definition) is 2. The van der Waals surface area contributed by atoms with E-state index in [1.165, 1.54) is 0 Å². The molecule has 1 unspecified atom stereocenters. The third-order valence-electron chi connectivity index (χ3n) is 3.29. The molecule has 2 rings (SSSR count). The summed E-state index contributed by atoms with van der Waals surface area (Å²) >= 11 is 0. The Bertz CT molecular complexity index is 504. The van der Waals surface area contributed by atoms with Crippen molar-refractivity contribution in [1.29, 1.82) is 0 Å². The van der Waals surface area contributed by atoms with Crippen LogP contribution in [0.5, 0.6) is 5.75 Å². The van der Waals surface area contributed by atoms with Crippen molar-refractivity contribution in [3.8, 4) is 5.75 Å². The van der Waals surface area contributed by atoms with Crippen LogP contribution < -0.4 is 15.4 Å². The molecule has 2 N–H and O–H groups in total. The summed E-state index contributed by atoms with van der Waals surface area (Å²) in [5.74, 6) is 0.545. The van der Waals surface area contributed by atoms with Crippen LogP contribution in [0.3, 0.4) is 0 Å². The van der Waals surface area contributed by atoms with Gasteiger partial charge in [-0.1, -0.05) is 6.07 Å². The van der Waals surface area contributed by atoms with Gasteiger partial charge < -0.3 is 15.0 Å². The van der Waals surface area contributed by atoms with E-state index in [2.05, 4.69) is 10.6 Å². The maximum absolute atomic E-state index is 11.8. The van der Waals surface area contributed by atoms with Crippen LogP contribution in [0.15, 0.2) is 24.3 Å². The van der Waals surface area contributed by atoms with Gasteiger partial charge in [0.2, 0.25) is 11.8 Å². The lowest BCUT2D eigenvalue weighted by Gasteiger charge is -2.12. The molecule has 1 saturated heterocycles. The second kappa shape index (κ2) is 6.38. The second-order valence-corrected chi connectivity index (χ2v) is 4.76. The van der Waals surface area contributed by atoms with Gasteiger partial charge in [-0.2, -0.15) is 0 Å². The van der Waals surface area contributed by atoms with Crippen LogP contribution in [-0.4, -0.2) is 50.0 Å². The molecule has 0 aliphatic carbocycles. The van der Waals surface area contributed by atoms with Crippen molar-refractivity contribution < 1.29 is 14.3 Å². The Balaban J connectivity index is 1.82. The van der Waals surface area contributed by atoms with Gasteiger partial charge in [-0.05, 0) is 18.6 Å². The zero-order valence-electron chi connectivity index (χ0n) is 11.7. The number of hydrogen-bond acceptors (Lipinski definition) is 4. The highest BCUT2D eigenvalue weighted by atomic mass is 16.5. The summed E-state index contributed by atoms with van der Waals surface area (Å²) in [6, 6.07) is 6.88. The predicted molar refractivity (Wildman–Crippen MR) is 75.7 cm³/mol. The summed E-state index contributed by atoms with van der Waals surface area (Å²) in [4.78, 5) is 25.2. The van der Waals surface area contributed by atoms with Gasteiger partial charge in [-0.3, -0.25) is 14.9 Å². The molecule has 0 aromatic heterocycles. The number of benzene rings is 1. The zero-order chi connectivity index (χ0) is 14.5. The molecule has 0 bridgehead atoms. The molecule has 0 saturated carbocycles. The average molecular weight is 277 g/mol. The molecule has 1 heterocycles. The minimum absolute atomic E-state index is 0.0409. The van der Waals surface area contributed by atoms with Crippen LogP contribution >= 0.6 is 0 Å². The lowest BCUT2D eigenvalue weighted by molar-refractivity contribution is -0.128. The van der Waals surface area contributed by atoms with E-state index in [1.54, 1.807) is 43.3 Å². The van der Waals surface area contributed by atoms with Crippen molar-refractivity contribution in [2.24, 2.45) is 0 Å². The van der Waals surface area contributed by atoms with Gasteiger partial charge in [0.05, 0.1) is 19.7 Å². The number of nitrogens with zero attached hydrogens (tertiary/aromatic N) is 1. The standard InChI is InChI=1S/C14H19N3O3/c1-17-7-6-12(14(17)19)15-9-13(18)16-10-4-3-5-11(8-10)20-2/h3-5,8,12,15H,6-7,9H2,1-2H3,(H,16,18). The summed E-state index contributed by atoms with van der Waals surface area (Å²) < 4.78 is 5.09. The molecule has 20 heavy (non-hydrogen) atoms. The molecule has 1 atom stereocenters. The van der Waals surface area contributed by atoms with Gasteiger partial charge in [-0.15, -0.1) is 0 Å². The van der Waals surface area contributed by atoms with Crippen molar-refractivity contribution in [2.75, 3.05) is 32.6 Å². The molecule has 1 aliphatic heterocycles. The predicted octanol–water partition coefficient (Wildman–Crippen LogP) is 0.454. The fourth-order valence-corrected chi connectivity index (χ4v) is 2.13. The van der Waals surface area contributed by atoms with E-state index >= 15 is 0 Å². The Morgan fingerprint density at radius 3 is 2.95 bits per heavy atom. The van der Waals surface area contributed by atoms with Crippen LogP contribution in [0.4, 0.5) is 5.69 Å². The first kappa shape index (κ1) is 14.3. The molecule has 1 aliphatic rings. The monoisotopic (exact) mass is 277 g/mol. The highest BCUT2D eigenvalue weighted by Gasteiger charge is 2.28. The molecule has 1 aromatic carbocycles. The molecule has 108 valence electrons. The summed E-state index contributed by atoms with van der Waals surface area (Å²) in [5.41, 5.74) is 0.672. The number of carbonyl (C=O) groups excluding carboxylic acids is 2. The fraction of sp³-hybridized carbons (Fsp3) is 0.429. The minimum Gasteiger partial charge on any atom is -0.497 e. The van der Waals surface area contributed by atoms with E-state index < -0.39 is 0 Å². The number of anilines is 1. The molecule has 2 amide bonds. The normalized spacial score (nSPS) is 18.2. The minimum atomic E-state index is -0.254. The van der Waals surface area contributed by atoms with Gasteiger partial charge >= 0.3 is 0 Å². The molecule has 0 radical (unpaired) electrons. The smallest absolute Gasteiger partial charge is 0.239 e. The quantitative estimate of drug-likeness (QED) is 0.820. The molecular weight excluding hydrogens is 258 g/mol. The number of carbonyl (C=O) groups is 2. The molecule has 6 heteroatoms. The summed E-state index contributed by atoms with van der Waals surface area (Å²) in [7, 11) is 3.34. The number of likely N-dealkylation sites (tertiary alicyclic amines) is 1. The first-order valence-corrected chi connectivity index (χ1v) is 6.52. The Morgan fingerprint density at radius 1 is 1.50 bits per heavy atom. The number of nitrogens with one attached hydrogen (secondary N) is 2. The number of ether oxygens (including phenoxy) is 1. The maximum Gasteiger partial charge on any atom is 0.239 e. The van der Waals surface area contributed by atoms with Crippen molar-refractivity contribution in [2.45, 2.75) is 12.5 Å². The SMILES string of the molecule is COc1cccc(NC(=O)CNC2CCN(C)C2=O)c1. The van der Waals surface area contributed by atoms with Gasteiger partial charge in [-0.25, -0.2) is 0 Å². The van der Waals surface area contributed by atoms with E-state index in [4.69, 9.17) is 4.74 Å². The second-order valence-electron chi connectivity index (χ2n) is 4.76. The number of rotatable bonds is 5. The number of amides is 2. The summed E-state index contributed by atoms with van der Waals surface area (Å²) in [6.07, 6.45) is 0.738. The Morgan fingerprint density at radius 2 is 2.30 bits per heavy atom. The van der Waals surface area contributed by atoms with Crippen LogP contribution in [0.25, 0.3) is 0 Å². The molecule has 1 fully saturated rings. The van der Waals surface area contributed by atoms with E-state index in [0.29, 0.717) is 11.4 Å². The third-order valence-corrected chi connectivity index (χ3v) is 3.29. The lowest BCUT2D eigenvalue weighted by atomic mass is 10.2. The van der Waals surface area contributed by atoms with Crippen molar-refractivity contribution in [3.63, 3.8) is 0 Å². The third kappa shape index (κ3) is 3.48. The largest absolute Gasteiger partial charge is 0.497 e. The molecule has 1 aromatic rings.